The molecule has 0 spiro atoms. The zero-order chi connectivity index (χ0) is 20.3. The Morgan fingerprint density at radius 1 is 1.07 bits per heavy atom. The predicted molar refractivity (Wildman–Crippen MR) is 110 cm³/mol. The van der Waals surface area contributed by atoms with Crippen molar-refractivity contribution in [1.82, 2.24) is 21.3 Å². The fraction of sp³-hybridized carbons (Fsp3) is 0.550. The molecule has 150 valence electrons. The highest BCUT2D eigenvalue weighted by molar-refractivity contribution is 5.94. The fourth-order valence-corrected chi connectivity index (χ4v) is 2.29. The lowest BCUT2D eigenvalue weighted by Gasteiger charge is -2.21. The van der Waals surface area contributed by atoms with Crippen molar-refractivity contribution in [1.29, 1.82) is 0 Å². The molecule has 0 bridgehead atoms. The summed E-state index contributed by atoms with van der Waals surface area (Å²) in [7, 11) is 0. The highest BCUT2D eigenvalue weighted by atomic mass is 16.2. The van der Waals surface area contributed by atoms with Gasteiger partial charge in [0.2, 0.25) is 5.91 Å². The number of carbonyl (C=O) groups is 2. The second-order valence-corrected chi connectivity index (χ2v) is 7.30. The van der Waals surface area contributed by atoms with E-state index in [0.29, 0.717) is 31.2 Å². The van der Waals surface area contributed by atoms with Crippen LogP contribution in [0, 0.1) is 0 Å². The van der Waals surface area contributed by atoms with Crippen LogP contribution in [0.1, 0.15) is 57.0 Å². The Labute approximate surface area is 162 Å². The van der Waals surface area contributed by atoms with Crippen molar-refractivity contribution in [2.24, 2.45) is 4.99 Å². The molecule has 1 aromatic carbocycles. The lowest BCUT2D eigenvalue weighted by Crippen LogP contribution is -2.48. The van der Waals surface area contributed by atoms with Crippen LogP contribution in [0.25, 0.3) is 0 Å². The zero-order valence-electron chi connectivity index (χ0n) is 17.1. The maximum Gasteiger partial charge on any atom is 0.251 e. The minimum absolute atomic E-state index is 0.0773. The molecule has 2 amide bonds. The highest BCUT2D eigenvalue weighted by Crippen LogP contribution is 2.07. The Morgan fingerprint density at radius 3 is 2.44 bits per heavy atom. The largest absolute Gasteiger partial charge is 0.357 e. The lowest BCUT2D eigenvalue weighted by molar-refractivity contribution is -0.121. The van der Waals surface area contributed by atoms with E-state index in [1.54, 1.807) is 6.07 Å². The van der Waals surface area contributed by atoms with Gasteiger partial charge in [-0.05, 0) is 51.8 Å². The summed E-state index contributed by atoms with van der Waals surface area (Å²) in [6.07, 6.45) is 0.899. The lowest BCUT2D eigenvalue weighted by atomic mass is 10.1. The number of hydrogen-bond donors (Lipinski definition) is 4. The zero-order valence-corrected chi connectivity index (χ0v) is 17.1. The Bertz CT molecular complexity index is 650. The SMILES string of the molecule is CCCNC(=O)c1cccc(CN=C(NCC)NCC(=O)NC(C)(C)C)c1. The van der Waals surface area contributed by atoms with Gasteiger partial charge in [0.05, 0.1) is 13.1 Å². The molecule has 0 fully saturated rings. The number of benzene rings is 1. The summed E-state index contributed by atoms with van der Waals surface area (Å²) in [6.45, 7) is 11.7. The molecule has 27 heavy (non-hydrogen) atoms. The third-order valence-corrected chi connectivity index (χ3v) is 3.42. The Morgan fingerprint density at radius 2 is 1.81 bits per heavy atom. The van der Waals surface area contributed by atoms with Crippen molar-refractivity contribution in [3.8, 4) is 0 Å². The first-order valence-electron chi connectivity index (χ1n) is 9.45. The van der Waals surface area contributed by atoms with Crippen molar-refractivity contribution >= 4 is 17.8 Å². The molecular weight excluding hydrogens is 342 g/mol. The average molecular weight is 376 g/mol. The first-order valence-corrected chi connectivity index (χ1v) is 9.45. The second-order valence-electron chi connectivity index (χ2n) is 7.30. The maximum atomic E-state index is 12.1. The molecule has 0 aliphatic heterocycles. The first kappa shape index (κ1) is 22.5. The smallest absolute Gasteiger partial charge is 0.251 e. The molecule has 4 N–H and O–H groups in total. The van der Waals surface area contributed by atoms with E-state index in [2.05, 4.69) is 26.3 Å². The molecule has 1 aromatic rings. The van der Waals surface area contributed by atoms with E-state index in [4.69, 9.17) is 0 Å². The number of nitrogens with zero attached hydrogens (tertiary/aromatic N) is 1. The van der Waals surface area contributed by atoms with Gasteiger partial charge in [-0.1, -0.05) is 19.1 Å². The van der Waals surface area contributed by atoms with Crippen LogP contribution in [0.3, 0.4) is 0 Å². The fourth-order valence-electron chi connectivity index (χ4n) is 2.29. The van der Waals surface area contributed by atoms with Crippen molar-refractivity contribution < 1.29 is 9.59 Å². The van der Waals surface area contributed by atoms with Gasteiger partial charge in [0.25, 0.3) is 5.91 Å². The molecule has 1 rings (SSSR count). The number of carbonyl (C=O) groups excluding carboxylic acids is 2. The van der Waals surface area contributed by atoms with Gasteiger partial charge in [-0.25, -0.2) is 4.99 Å². The minimum atomic E-state index is -0.271. The molecule has 0 saturated carbocycles. The van der Waals surface area contributed by atoms with Gasteiger partial charge in [0.1, 0.15) is 0 Å². The summed E-state index contributed by atoms with van der Waals surface area (Å²) in [5.74, 6) is 0.386. The molecule has 7 nitrogen and oxygen atoms in total. The maximum absolute atomic E-state index is 12.1. The number of guanidine groups is 1. The van der Waals surface area contributed by atoms with E-state index in [1.165, 1.54) is 0 Å². The molecule has 0 atom stereocenters. The number of rotatable bonds is 8. The van der Waals surface area contributed by atoms with E-state index in [0.717, 1.165) is 12.0 Å². The van der Waals surface area contributed by atoms with Crippen LogP contribution in [-0.4, -0.2) is 42.9 Å². The molecule has 0 unspecified atom stereocenters. The summed E-state index contributed by atoms with van der Waals surface area (Å²) in [5, 5.41) is 11.9. The van der Waals surface area contributed by atoms with Gasteiger partial charge in [-0.3, -0.25) is 9.59 Å². The summed E-state index contributed by atoms with van der Waals surface area (Å²) >= 11 is 0. The second kappa shape index (κ2) is 11.2. The standard InChI is InChI=1S/C20H33N5O2/c1-6-11-22-18(27)16-10-8-9-15(12-16)13-23-19(21-7-2)24-14-17(26)25-20(3,4)5/h8-10,12H,6-7,11,13-14H2,1-5H3,(H,22,27)(H,25,26)(H2,21,23,24). The Kier molecular flexibility index (Phi) is 9.33. The third-order valence-electron chi connectivity index (χ3n) is 3.42. The molecule has 0 aliphatic rings. The summed E-state index contributed by atoms with van der Waals surface area (Å²) in [5.41, 5.74) is 1.28. The average Bonchev–Trinajstić information content (AvgIpc) is 2.60. The van der Waals surface area contributed by atoms with E-state index >= 15 is 0 Å². The van der Waals surface area contributed by atoms with Crippen molar-refractivity contribution in [3.63, 3.8) is 0 Å². The molecule has 0 aromatic heterocycles. The minimum Gasteiger partial charge on any atom is -0.357 e. The normalized spacial score (nSPS) is 11.7. The molecule has 0 heterocycles. The molecule has 0 saturated heterocycles. The van der Waals surface area contributed by atoms with E-state index in [9.17, 15) is 9.59 Å². The third kappa shape index (κ3) is 9.63. The number of nitrogens with one attached hydrogen (secondary N) is 4. The molecule has 7 heteroatoms. The molecule has 0 radical (unpaired) electrons. The van der Waals surface area contributed by atoms with Crippen LogP contribution in [0.15, 0.2) is 29.3 Å². The Balaban J connectivity index is 2.69. The summed E-state index contributed by atoms with van der Waals surface area (Å²) in [6, 6.07) is 7.40. The van der Waals surface area contributed by atoms with Gasteiger partial charge in [0, 0.05) is 24.2 Å². The quantitative estimate of drug-likeness (QED) is 0.412. The van der Waals surface area contributed by atoms with E-state index in [-0.39, 0.29) is 23.9 Å². The van der Waals surface area contributed by atoms with E-state index in [1.807, 2.05) is 52.8 Å². The van der Waals surface area contributed by atoms with Crippen molar-refractivity contribution in [2.75, 3.05) is 19.6 Å². The number of amides is 2. The number of hydrogen-bond acceptors (Lipinski definition) is 3. The van der Waals surface area contributed by atoms with Crippen molar-refractivity contribution in [2.45, 2.75) is 53.1 Å². The van der Waals surface area contributed by atoms with Crippen LogP contribution >= 0.6 is 0 Å². The molecular formula is C20H33N5O2. The van der Waals surface area contributed by atoms with Crippen LogP contribution < -0.4 is 21.3 Å². The van der Waals surface area contributed by atoms with Gasteiger partial charge in [0.15, 0.2) is 5.96 Å². The van der Waals surface area contributed by atoms with Crippen molar-refractivity contribution in [3.05, 3.63) is 35.4 Å². The molecule has 0 aliphatic carbocycles. The van der Waals surface area contributed by atoms with E-state index < -0.39 is 0 Å². The topological polar surface area (TPSA) is 94.6 Å². The number of aliphatic imine (C=N–C) groups is 1. The predicted octanol–water partition coefficient (Wildman–Crippen LogP) is 1.80. The summed E-state index contributed by atoms with van der Waals surface area (Å²) < 4.78 is 0. The summed E-state index contributed by atoms with van der Waals surface area (Å²) in [4.78, 5) is 28.5. The van der Waals surface area contributed by atoms with Gasteiger partial charge >= 0.3 is 0 Å². The van der Waals surface area contributed by atoms with Crippen LogP contribution in [-0.2, 0) is 11.3 Å². The Hall–Kier alpha value is -2.57. The van der Waals surface area contributed by atoms with Crippen LogP contribution in [0.4, 0.5) is 0 Å². The van der Waals surface area contributed by atoms with Gasteiger partial charge in [-0.15, -0.1) is 0 Å². The van der Waals surface area contributed by atoms with Gasteiger partial charge in [-0.2, -0.15) is 0 Å². The van der Waals surface area contributed by atoms with Crippen LogP contribution in [0.2, 0.25) is 0 Å². The monoisotopic (exact) mass is 375 g/mol. The first-order chi connectivity index (χ1) is 12.7. The highest BCUT2D eigenvalue weighted by Gasteiger charge is 2.13. The van der Waals surface area contributed by atoms with Gasteiger partial charge < -0.3 is 21.3 Å². The van der Waals surface area contributed by atoms with Crippen LogP contribution in [0.5, 0.6) is 0 Å².